The maximum Gasteiger partial charge on any atom is 0.223 e. The Balaban J connectivity index is 1.23. The highest BCUT2D eigenvalue weighted by molar-refractivity contribution is 9.10. The van der Waals surface area contributed by atoms with Crippen LogP contribution in [0.1, 0.15) is 29.5 Å². The first kappa shape index (κ1) is 25.3. The van der Waals surface area contributed by atoms with Gasteiger partial charge < -0.3 is 10.1 Å². The number of hydrogen-bond acceptors (Lipinski definition) is 5. The highest BCUT2D eigenvalue weighted by Crippen LogP contribution is 2.23. The molecule has 2 aliphatic heterocycles. The monoisotopic (exact) mass is 549 g/mol. The Bertz CT molecular complexity index is 1060. The van der Waals surface area contributed by atoms with Gasteiger partial charge in [-0.25, -0.2) is 12.7 Å². The predicted molar refractivity (Wildman–Crippen MR) is 135 cm³/mol. The number of morpholine rings is 1. The van der Waals surface area contributed by atoms with Gasteiger partial charge in [-0.05, 0) is 41.7 Å². The molecule has 2 aromatic rings. The van der Waals surface area contributed by atoms with Crippen molar-refractivity contribution in [3.05, 3.63) is 69.7 Å². The molecule has 2 saturated heterocycles. The third kappa shape index (κ3) is 7.11. The first-order valence-electron chi connectivity index (χ1n) is 11.8. The van der Waals surface area contributed by atoms with Crippen molar-refractivity contribution in [2.45, 2.75) is 31.7 Å². The molecule has 0 unspecified atom stereocenters. The number of rotatable bonds is 8. The molecule has 1 amide bonds. The minimum Gasteiger partial charge on any atom is -0.379 e. The summed E-state index contributed by atoms with van der Waals surface area (Å²) in [6, 6.07) is 15.7. The van der Waals surface area contributed by atoms with Gasteiger partial charge in [-0.15, -0.1) is 0 Å². The summed E-state index contributed by atoms with van der Waals surface area (Å²) >= 11 is 3.37. The Labute approximate surface area is 210 Å². The van der Waals surface area contributed by atoms with Crippen LogP contribution in [0.4, 0.5) is 0 Å². The number of carbonyl (C=O) groups excluding carboxylic acids is 1. The van der Waals surface area contributed by atoms with Crippen LogP contribution in [0.25, 0.3) is 0 Å². The molecular weight excluding hydrogens is 518 g/mol. The van der Waals surface area contributed by atoms with Crippen LogP contribution in [-0.4, -0.2) is 62.9 Å². The second kappa shape index (κ2) is 11.8. The summed E-state index contributed by atoms with van der Waals surface area (Å²) in [4.78, 5) is 15.1. The average molecular weight is 551 g/mol. The highest BCUT2D eigenvalue weighted by atomic mass is 79.9. The van der Waals surface area contributed by atoms with Crippen molar-refractivity contribution < 1.29 is 17.9 Å². The number of sulfonamides is 1. The van der Waals surface area contributed by atoms with E-state index in [0.29, 0.717) is 32.5 Å². The fraction of sp³-hybridized carbons (Fsp3) is 0.480. The molecule has 9 heteroatoms. The van der Waals surface area contributed by atoms with Gasteiger partial charge in [-0.2, -0.15) is 0 Å². The Hall–Kier alpha value is -1.78. The van der Waals surface area contributed by atoms with Crippen LogP contribution in [0.15, 0.2) is 53.0 Å². The molecule has 1 N–H and O–H groups in total. The van der Waals surface area contributed by atoms with Gasteiger partial charge >= 0.3 is 0 Å². The predicted octanol–water partition coefficient (Wildman–Crippen LogP) is 3.14. The van der Waals surface area contributed by atoms with E-state index in [9.17, 15) is 13.2 Å². The van der Waals surface area contributed by atoms with E-state index in [1.165, 1.54) is 9.87 Å². The van der Waals surface area contributed by atoms with Crippen molar-refractivity contribution in [2.24, 2.45) is 5.92 Å². The van der Waals surface area contributed by atoms with Crippen LogP contribution in [0.3, 0.4) is 0 Å². The molecule has 2 fully saturated rings. The van der Waals surface area contributed by atoms with E-state index in [0.717, 1.165) is 48.4 Å². The highest BCUT2D eigenvalue weighted by Gasteiger charge is 2.31. The fourth-order valence-electron chi connectivity index (χ4n) is 4.47. The van der Waals surface area contributed by atoms with E-state index in [1.54, 1.807) is 0 Å². The minimum atomic E-state index is -3.40. The molecule has 4 rings (SSSR count). The summed E-state index contributed by atoms with van der Waals surface area (Å²) in [7, 11) is -3.40. The van der Waals surface area contributed by atoms with E-state index in [2.05, 4.69) is 38.3 Å². The Morgan fingerprint density at radius 1 is 0.971 bits per heavy atom. The number of piperidine rings is 1. The average Bonchev–Trinajstić information content (AvgIpc) is 2.85. The smallest absolute Gasteiger partial charge is 0.223 e. The summed E-state index contributed by atoms with van der Waals surface area (Å²) in [6.45, 7) is 5.57. The van der Waals surface area contributed by atoms with Gasteiger partial charge in [0.05, 0.1) is 19.0 Å². The number of carbonyl (C=O) groups is 1. The van der Waals surface area contributed by atoms with Crippen molar-refractivity contribution in [1.82, 2.24) is 14.5 Å². The van der Waals surface area contributed by atoms with Crippen molar-refractivity contribution in [1.29, 1.82) is 0 Å². The molecule has 34 heavy (non-hydrogen) atoms. The molecule has 0 aromatic heterocycles. The third-order valence-corrected chi connectivity index (χ3v) is 8.83. The molecule has 0 bridgehead atoms. The van der Waals surface area contributed by atoms with E-state index in [-0.39, 0.29) is 17.6 Å². The van der Waals surface area contributed by atoms with Crippen molar-refractivity contribution >= 4 is 31.9 Å². The van der Waals surface area contributed by atoms with Crippen LogP contribution in [0, 0.1) is 5.92 Å². The molecule has 7 nitrogen and oxygen atoms in total. The van der Waals surface area contributed by atoms with Gasteiger partial charge in [0.1, 0.15) is 0 Å². The van der Waals surface area contributed by atoms with Crippen molar-refractivity contribution in [3.63, 3.8) is 0 Å². The molecule has 0 saturated carbocycles. The first-order valence-corrected chi connectivity index (χ1v) is 14.2. The maximum atomic E-state index is 12.8. The summed E-state index contributed by atoms with van der Waals surface area (Å²) in [5, 5.41) is 3.05. The van der Waals surface area contributed by atoms with E-state index < -0.39 is 10.0 Å². The number of hydrogen-bond donors (Lipinski definition) is 1. The molecule has 0 spiro atoms. The Morgan fingerprint density at radius 3 is 2.35 bits per heavy atom. The molecular formula is C25H32BrN3O4S. The molecule has 184 valence electrons. The van der Waals surface area contributed by atoms with Crippen LogP contribution in [0.5, 0.6) is 0 Å². The van der Waals surface area contributed by atoms with E-state index >= 15 is 0 Å². The lowest BCUT2D eigenvalue weighted by Gasteiger charge is -2.30. The second-order valence-corrected chi connectivity index (χ2v) is 11.9. The number of benzene rings is 2. The third-order valence-electron chi connectivity index (χ3n) is 6.45. The van der Waals surface area contributed by atoms with Crippen molar-refractivity contribution in [2.75, 3.05) is 39.4 Å². The lowest BCUT2D eigenvalue weighted by molar-refractivity contribution is -0.126. The normalized spacial score (nSPS) is 18.6. The molecule has 0 aliphatic carbocycles. The SMILES string of the molecule is O=C(NCc1cccc(CN2CCOCC2)c1)C1CCN(S(=O)(=O)Cc2ccc(Br)cc2)CC1. The first-order chi connectivity index (χ1) is 16.4. The van der Waals surface area contributed by atoms with E-state index in [4.69, 9.17) is 4.74 Å². The van der Waals surface area contributed by atoms with Gasteiger partial charge in [-0.1, -0.05) is 52.3 Å². The Morgan fingerprint density at radius 2 is 1.65 bits per heavy atom. The van der Waals surface area contributed by atoms with Crippen LogP contribution in [-0.2, 0) is 38.4 Å². The molecule has 0 radical (unpaired) electrons. The van der Waals surface area contributed by atoms with Crippen molar-refractivity contribution in [3.8, 4) is 0 Å². The lowest BCUT2D eigenvalue weighted by atomic mass is 9.97. The van der Waals surface area contributed by atoms with Gasteiger partial charge in [0.2, 0.25) is 15.9 Å². The zero-order chi connectivity index (χ0) is 24.0. The zero-order valence-corrected chi connectivity index (χ0v) is 21.7. The second-order valence-electron chi connectivity index (χ2n) is 8.98. The largest absolute Gasteiger partial charge is 0.379 e. The number of halogens is 1. The topological polar surface area (TPSA) is 79.0 Å². The lowest BCUT2D eigenvalue weighted by Crippen LogP contribution is -2.43. The summed E-state index contributed by atoms with van der Waals surface area (Å²) < 4.78 is 33.5. The minimum absolute atomic E-state index is 0.00328. The van der Waals surface area contributed by atoms with Gasteiger partial charge in [-0.3, -0.25) is 9.69 Å². The van der Waals surface area contributed by atoms with Crippen LogP contribution in [0.2, 0.25) is 0 Å². The van der Waals surface area contributed by atoms with Crippen LogP contribution >= 0.6 is 15.9 Å². The standard InChI is InChI=1S/C25H32BrN3O4S/c26-24-6-4-20(5-7-24)19-34(31,32)29-10-8-23(9-11-29)25(30)27-17-21-2-1-3-22(16-21)18-28-12-14-33-15-13-28/h1-7,16,23H,8-15,17-19H2,(H,27,30). The summed E-state index contributed by atoms with van der Waals surface area (Å²) in [6.07, 6.45) is 1.09. The number of nitrogens with zero attached hydrogens (tertiary/aromatic N) is 2. The summed E-state index contributed by atoms with van der Waals surface area (Å²) in [5.74, 6) is -0.169. The van der Waals surface area contributed by atoms with Gasteiger partial charge in [0.25, 0.3) is 0 Å². The maximum absolute atomic E-state index is 12.8. The number of ether oxygens (including phenoxy) is 1. The van der Waals surface area contributed by atoms with Crippen LogP contribution < -0.4 is 5.32 Å². The molecule has 2 aliphatic rings. The molecule has 0 atom stereocenters. The zero-order valence-electron chi connectivity index (χ0n) is 19.3. The Kier molecular flexibility index (Phi) is 8.76. The molecule has 2 aromatic carbocycles. The summed E-state index contributed by atoms with van der Waals surface area (Å²) in [5.41, 5.74) is 3.07. The number of nitrogens with one attached hydrogen (secondary N) is 1. The van der Waals surface area contributed by atoms with E-state index in [1.807, 2.05) is 36.4 Å². The van der Waals surface area contributed by atoms with Gasteiger partial charge in [0, 0.05) is 49.7 Å². The quantitative estimate of drug-likeness (QED) is 0.547. The molecule has 2 heterocycles. The fourth-order valence-corrected chi connectivity index (χ4v) is 6.30. The van der Waals surface area contributed by atoms with Gasteiger partial charge in [0.15, 0.2) is 0 Å². The number of amides is 1.